The summed E-state index contributed by atoms with van der Waals surface area (Å²) in [4.78, 5) is 101. The van der Waals surface area contributed by atoms with Crippen molar-refractivity contribution in [2.75, 3.05) is 13.1 Å². The smallest absolute Gasteiger partial charge is 0.323 e. The summed E-state index contributed by atoms with van der Waals surface area (Å²) in [6.07, 6.45) is 6.91. The van der Waals surface area contributed by atoms with Gasteiger partial charge in [0.05, 0.1) is 19.3 Å². The normalized spacial score (nSPS) is 15.7. The summed E-state index contributed by atoms with van der Waals surface area (Å²) in [5.41, 5.74) is 5.07. The highest BCUT2D eigenvalue weighted by Crippen LogP contribution is 2.33. The number of carboxylic acid groups (broad SMARTS) is 3. The van der Waals surface area contributed by atoms with E-state index in [1.165, 1.54) is 32.1 Å². The third-order valence-corrected chi connectivity index (χ3v) is 20.2. The molecule has 0 atom stereocenters. The van der Waals surface area contributed by atoms with Gasteiger partial charge in [-0.25, -0.2) is 0 Å². The van der Waals surface area contributed by atoms with Gasteiger partial charge in [-0.15, -0.1) is 34.0 Å². The molecule has 0 unspecified atom stereocenters. The molecule has 432 valence electrons. The van der Waals surface area contributed by atoms with Crippen LogP contribution >= 0.6 is 106 Å². The van der Waals surface area contributed by atoms with Gasteiger partial charge in [-0.2, -0.15) is 0 Å². The molecule has 6 heterocycles. The Kier molecular flexibility index (Phi) is 21.7. The molecule has 9 rings (SSSR count). The molecule has 26 heteroatoms. The maximum absolute atomic E-state index is 13.5. The van der Waals surface area contributed by atoms with Crippen LogP contribution in [0.15, 0.2) is 92.1 Å². The third-order valence-electron chi connectivity index (χ3n) is 12.4. The van der Waals surface area contributed by atoms with Crippen LogP contribution in [0.1, 0.15) is 67.0 Å². The van der Waals surface area contributed by atoms with Gasteiger partial charge in [0.25, 0.3) is 27.7 Å². The fraction of sp³-hybridized carbons (Fsp3) is 0.246. The van der Waals surface area contributed by atoms with E-state index in [-0.39, 0.29) is 26.4 Å². The minimum absolute atomic E-state index is 0.156. The van der Waals surface area contributed by atoms with Crippen LogP contribution in [0.3, 0.4) is 0 Å². The van der Waals surface area contributed by atoms with Gasteiger partial charge < -0.3 is 24.5 Å². The van der Waals surface area contributed by atoms with E-state index in [1.54, 1.807) is 18.2 Å². The molecule has 4 aromatic heterocycles. The average Bonchev–Trinajstić information content (AvgIpc) is 2.27. The molecule has 2 fully saturated rings. The van der Waals surface area contributed by atoms with E-state index in [1.807, 2.05) is 117 Å². The van der Waals surface area contributed by atoms with Crippen LogP contribution in [0.5, 0.6) is 0 Å². The Morgan fingerprint density at radius 3 is 1.45 bits per heavy atom. The van der Waals surface area contributed by atoms with Gasteiger partial charge >= 0.3 is 17.9 Å². The van der Waals surface area contributed by atoms with Crippen molar-refractivity contribution < 1.29 is 39.3 Å². The molecule has 2 saturated heterocycles. The predicted octanol–water partition coefficient (Wildman–Crippen LogP) is 7.15. The van der Waals surface area contributed by atoms with Crippen molar-refractivity contribution in [1.82, 2.24) is 28.1 Å². The fourth-order valence-electron chi connectivity index (χ4n) is 8.18. The summed E-state index contributed by atoms with van der Waals surface area (Å²) in [5.74, 6) is -3.99. The van der Waals surface area contributed by atoms with Gasteiger partial charge in [0.1, 0.15) is 61.0 Å². The lowest BCUT2D eigenvalue weighted by molar-refractivity contribution is -0.140. The van der Waals surface area contributed by atoms with E-state index in [4.69, 9.17) is 41.8 Å². The molecule has 0 radical (unpaired) electrons. The van der Waals surface area contributed by atoms with Crippen molar-refractivity contribution in [2.24, 2.45) is 0 Å². The number of rotatable bonds is 14. The number of thiocarbonyl (C=S) groups is 2. The van der Waals surface area contributed by atoms with Crippen molar-refractivity contribution in [3.8, 4) is 0 Å². The van der Waals surface area contributed by atoms with E-state index in [0.717, 1.165) is 107 Å². The number of aryl methyl sites for hydroxylation is 3. The minimum atomic E-state index is -1.15. The molecular weight excluding hydrogens is 1230 g/mol. The largest absolute Gasteiger partial charge is 0.480 e. The number of hydrogen-bond acceptors (Lipinski definition) is 17. The maximum atomic E-state index is 13.5. The number of aliphatic carboxylic acids is 3. The van der Waals surface area contributed by atoms with Gasteiger partial charge in [0, 0.05) is 19.6 Å². The van der Waals surface area contributed by atoms with E-state index in [0.29, 0.717) is 71.3 Å². The van der Waals surface area contributed by atoms with Crippen LogP contribution in [0, 0.1) is 43.9 Å². The van der Waals surface area contributed by atoms with Crippen LogP contribution in [0.2, 0.25) is 0 Å². The van der Waals surface area contributed by atoms with Crippen LogP contribution in [0.25, 0.3) is 29.7 Å². The maximum Gasteiger partial charge on any atom is 0.323 e. The first-order valence-electron chi connectivity index (χ1n) is 25.4. The molecule has 2 aliphatic rings. The monoisotopic (exact) mass is 1290 g/mol. The van der Waals surface area contributed by atoms with Crippen LogP contribution in [-0.4, -0.2) is 94.8 Å². The van der Waals surface area contributed by atoms with Gasteiger partial charge in [0.2, 0.25) is 0 Å². The molecule has 0 aliphatic carbocycles. The molecule has 0 bridgehead atoms. The Bertz CT molecular complexity index is 4490. The molecule has 2 amide bonds. The number of nitrogens with zero attached hydrogens (tertiary/aromatic N) is 6. The standard InChI is InChI=1S/C26H27N3O4S4.C18H16N2O4S3.C13H11NO3S2/c1-5-7-12-28-20(22-27(6-2)16(4)26(34)37-22)25(33)36-23(28)24-29(14-19(30)31)21(32)18(35-24)13-17-10-8-15(3)9-11-17;1-3-19-16(24)14(27-18(19)25)17-20(9-13(21)22)15(23)12(26-17)8-11-6-4-10(2)5-7-11;1-8-2-4-9(5-3-8)6-10-12(17)14(7-11(15)16)13(18)19-10/h8-11,13H,4-7,12,14H2,1-3H3,(H,30,31);4-8H,3,9H2,1-2H3,(H,21,22);2-6H,7H2,1H3,(H,15,16)/b18-13?,22-20+,24-23+;12-8?,17-14+;. The number of benzene rings is 3. The summed E-state index contributed by atoms with van der Waals surface area (Å²) < 4.78 is 10.3. The van der Waals surface area contributed by atoms with Crippen molar-refractivity contribution >= 4 is 174 Å². The zero-order valence-corrected chi connectivity index (χ0v) is 52.8. The van der Waals surface area contributed by atoms with Gasteiger partial charge in [0.15, 0.2) is 0 Å². The lowest BCUT2D eigenvalue weighted by Crippen LogP contribution is -2.35. The van der Waals surface area contributed by atoms with Gasteiger partial charge in [-0.3, -0.25) is 57.3 Å². The summed E-state index contributed by atoms with van der Waals surface area (Å²) in [5, 5.41) is 28.7. The van der Waals surface area contributed by atoms with Crippen LogP contribution in [0.4, 0.5) is 0 Å². The van der Waals surface area contributed by atoms with Crippen molar-refractivity contribution in [3.63, 3.8) is 0 Å². The topological polar surface area (TPSA) is 223 Å². The highest BCUT2D eigenvalue weighted by molar-refractivity contribution is 8.30. The molecule has 7 aromatic rings. The number of carbonyl (C=O) groups excluding carboxylic acids is 2. The summed E-state index contributed by atoms with van der Waals surface area (Å²) >= 11 is 22.6. The molecule has 83 heavy (non-hydrogen) atoms. The Labute approximate surface area is 514 Å². The quantitative estimate of drug-likeness (QED) is 0.0726. The number of aromatic nitrogens is 4. The Morgan fingerprint density at radius 2 is 0.988 bits per heavy atom. The zero-order chi connectivity index (χ0) is 60.6. The van der Waals surface area contributed by atoms with E-state index in [2.05, 4.69) is 13.5 Å². The number of carboxylic acids is 3. The molecule has 2 aliphatic heterocycles. The second-order valence-electron chi connectivity index (χ2n) is 18.5. The molecular formula is C57H54N6O11S9. The third kappa shape index (κ3) is 15.2. The van der Waals surface area contributed by atoms with Crippen molar-refractivity contribution in [1.29, 1.82) is 0 Å². The van der Waals surface area contributed by atoms with Gasteiger partial charge in [-0.05, 0) is 76.0 Å². The number of carbonyl (C=O) groups is 5. The number of unbranched alkanes of at least 4 members (excludes halogenated alkanes) is 1. The van der Waals surface area contributed by atoms with Crippen LogP contribution in [-0.2, 0) is 50.2 Å². The molecule has 17 nitrogen and oxygen atoms in total. The number of hydrogen-bond donors (Lipinski definition) is 3. The molecule has 3 N–H and O–H groups in total. The summed E-state index contributed by atoms with van der Waals surface area (Å²) in [6, 6.07) is 23.1. The number of thiazole rings is 4. The summed E-state index contributed by atoms with van der Waals surface area (Å²) in [7, 11) is 0. The summed E-state index contributed by atoms with van der Waals surface area (Å²) in [6.45, 7) is 16.1. The van der Waals surface area contributed by atoms with Crippen molar-refractivity contribution in [3.05, 3.63) is 184 Å². The minimum Gasteiger partial charge on any atom is -0.480 e. The van der Waals surface area contributed by atoms with E-state index >= 15 is 0 Å². The second kappa shape index (κ2) is 28.2. The highest BCUT2D eigenvalue weighted by Gasteiger charge is 2.34. The molecule has 0 saturated carbocycles. The van der Waals surface area contributed by atoms with Crippen molar-refractivity contribution in [2.45, 2.75) is 80.6 Å². The first-order valence-corrected chi connectivity index (χ1v) is 31.6. The Morgan fingerprint density at radius 1 is 0.530 bits per heavy atom. The number of thioether (sulfide) groups is 2. The Hall–Kier alpha value is -6.75. The van der Waals surface area contributed by atoms with Gasteiger partial charge in [-0.1, -0.05) is 181 Å². The number of amides is 2. The average molecular weight is 1290 g/mol. The SMILES string of the molecule is C=c1c(=S)s/c(=c2\c(=O)s/c(=c3/sc(=Cc4ccc(C)cc4)c(=O)n3CC(=O)O)n2CCCC)n1CC.CCN1C(=O)/C(=c2\sc(=Cc3ccc(C)cc3)c(=O)n2CC(=O)O)SC1=S.Cc1ccc(C=C2SC(=S)N(CC(=O)O)C2=O)cc1. The zero-order valence-electron chi connectivity index (χ0n) is 45.5. The predicted molar refractivity (Wildman–Crippen MR) is 343 cm³/mol. The first kappa shape index (κ1) is 63.8. The Balaban J connectivity index is 0.000000189. The lowest BCUT2D eigenvalue weighted by atomic mass is 10.1. The first-order chi connectivity index (χ1) is 39.4. The lowest BCUT2D eigenvalue weighted by Gasteiger charge is -2.10. The van der Waals surface area contributed by atoms with E-state index in [9.17, 15) is 48.6 Å². The van der Waals surface area contributed by atoms with Crippen LogP contribution < -0.4 is 34.9 Å². The molecule has 3 aromatic carbocycles. The second-order valence-corrected chi connectivity index (χ2v) is 26.5. The van der Waals surface area contributed by atoms with E-state index < -0.39 is 43.1 Å². The highest BCUT2D eigenvalue weighted by atomic mass is 32.2. The molecule has 0 spiro atoms. The fourth-order valence-corrected chi connectivity index (χ4v) is 15.8.